The number of furan rings is 1. The van der Waals surface area contributed by atoms with Crippen molar-refractivity contribution in [1.82, 2.24) is 15.2 Å². The summed E-state index contributed by atoms with van der Waals surface area (Å²) in [6, 6.07) is 1.18. The molecule has 0 radical (unpaired) electrons. The minimum atomic E-state index is -5.01. The molecule has 4 heterocycles. The number of pyridine rings is 1. The van der Waals surface area contributed by atoms with E-state index in [-0.39, 0.29) is 22.7 Å². The maximum Gasteiger partial charge on any atom is 0.455 e. The molecule has 0 aromatic carbocycles. The number of ketones is 1. The summed E-state index contributed by atoms with van der Waals surface area (Å²) in [7, 11) is 0. The standard InChI is InChI=1S/C16H14F3N3O3/c17-16(18,19)14(23)10-7-25-13-4-20-11(3-9(10)13)15(24)21-12-6-22-2-1-8(12)5-22/h3-4,7-8,12H,1-2,5-6H2,(H,21,24). The average Bonchev–Trinajstić information content (AvgIpc) is 3.27. The van der Waals surface area contributed by atoms with Gasteiger partial charge in [-0.1, -0.05) is 0 Å². The molecule has 2 aliphatic heterocycles. The predicted octanol–water partition coefficient (Wildman–Crippen LogP) is 2.01. The van der Waals surface area contributed by atoms with Crippen molar-refractivity contribution in [1.29, 1.82) is 0 Å². The van der Waals surface area contributed by atoms with Gasteiger partial charge in [-0.2, -0.15) is 13.2 Å². The van der Waals surface area contributed by atoms with Gasteiger partial charge in [0.25, 0.3) is 11.7 Å². The molecular weight excluding hydrogens is 339 g/mol. The number of nitrogens with zero attached hydrogens (tertiary/aromatic N) is 2. The quantitative estimate of drug-likeness (QED) is 0.855. The highest BCUT2D eigenvalue weighted by atomic mass is 19.4. The molecule has 2 aliphatic rings. The van der Waals surface area contributed by atoms with Crippen LogP contribution in [0.4, 0.5) is 13.2 Å². The molecule has 9 heteroatoms. The SMILES string of the molecule is O=C(NC1CN2CCC1C2)c1cc2c(C(=O)C(F)(F)F)coc2cn1. The molecule has 2 aromatic heterocycles. The summed E-state index contributed by atoms with van der Waals surface area (Å²) in [6.45, 7) is 2.74. The van der Waals surface area contributed by atoms with Gasteiger partial charge in [-0.05, 0) is 24.9 Å². The zero-order valence-electron chi connectivity index (χ0n) is 13.0. The molecule has 2 aromatic rings. The Kier molecular flexibility index (Phi) is 3.57. The molecule has 0 aliphatic carbocycles. The molecule has 2 fully saturated rings. The average molecular weight is 353 g/mol. The molecular formula is C16H14F3N3O3. The molecule has 25 heavy (non-hydrogen) atoms. The molecule has 1 amide bonds. The third-order valence-electron chi connectivity index (χ3n) is 4.85. The summed E-state index contributed by atoms with van der Waals surface area (Å²) < 4.78 is 42.9. The number of nitrogens with one attached hydrogen (secondary N) is 1. The van der Waals surface area contributed by atoms with E-state index in [2.05, 4.69) is 15.2 Å². The van der Waals surface area contributed by atoms with Crippen LogP contribution in [0.2, 0.25) is 0 Å². The van der Waals surface area contributed by atoms with E-state index in [0.717, 1.165) is 38.5 Å². The molecule has 1 N–H and O–H groups in total. The third-order valence-corrected chi connectivity index (χ3v) is 4.85. The summed E-state index contributed by atoms with van der Waals surface area (Å²) in [4.78, 5) is 30.1. The van der Waals surface area contributed by atoms with Gasteiger partial charge in [0.05, 0.1) is 11.8 Å². The summed E-state index contributed by atoms with van der Waals surface area (Å²) in [5.41, 5.74) is -0.636. The van der Waals surface area contributed by atoms with Crippen LogP contribution in [-0.4, -0.2) is 53.4 Å². The van der Waals surface area contributed by atoms with Crippen LogP contribution < -0.4 is 5.32 Å². The van der Waals surface area contributed by atoms with Crippen molar-refractivity contribution in [3.05, 3.63) is 29.8 Å². The number of piperidine rings is 1. The second-order valence-electron chi connectivity index (χ2n) is 6.43. The molecule has 2 saturated heterocycles. The van der Waals surface area contributed by atoms with E-state index in [4.69, 9.17) is 4.42 Å². The number of Topliss-reactive ketones (excluding diaryl/α,β-unsaturated/α-hetero) is 1. The Labute approximate surface area is 140 Å². The fourth-order valence-corrected chi connectivity index (χ4v) is 3.58. The van der Waals surface area contributed by atoms with Crippen LogP contribution in [0.1, 0.15) is 27.3 Å². The molecule has 132 valence electrons. The summed E-state index contributed by atoms with van der Waals surface area (Å²) in [5, 5.41) is 2.81. The number of carbonyl (C=O) groups is 2. The number of halogens is 3. The van der Waals surface area contributed by atoms with E-state index in [9.17, 15) is 22.8 Å². The number of alkyl halides is 3. The Morgan fingerprint density at radius 3 is 2.76 bits per heavy atom. The highest BCUT2D eigenvalue weighted by Crippen LogP contribution is 2.30. The lowest BCUT2D eigenvalue weighted by Gasteiger charge is -2.22. The lowest BCUT2D eigenvalue weighted by atomic mass is 10.00. The lowest BCUT2D eigenvalue weighted by molar-refractivity contribution is -0.0884. The fourth-order valence-electron chi connectivity index (χ4n) is 3.58. The Bertz CT molecular complexity index is 861. The van der Waals surface area contributed by atoms with Crippen LogP contribution in [0, 0.1) is 5.92 Å². The second-order valence-corrected chi connectivity index (χ2v) is 6.43. The van der Waals surface area contributed by atoms with E-state index in [1.807, 2.05) is 0 Å². The number of rotatable bonds is 3. The number of carbonyl (C=O) groups excluding carboxylic acids is 2. The van der Waals surface area contributed by atoms with Crippen molar-refractivity contribution >= 4 is 22.7 Å². The van der Waals surface area contributed by atoms with E-state index >= 15 is 0 Å². The van der Waals surface area contributed by atoms with E-state index < -0.39 is 23.4 Å². The molecule has 2 bridgehead atoms. The van der Waals surface area contributed by atoms with Gasteiger partial charge in [0.15, 0.2) is 5.58 Å². The first-order chi connectivity index (χ1) is 11.8. The Morgan fingerprint density at radius 1 is 1.32 bits per heavy atom. The number of hydrogen-bond donors (Lipinski definition) is 1. The van der Waals surface area contributed by atoms with Crippen LogP contribution in [0.15, 0.2) is 22.9 Å². The van der Waals surface area contributed by atoms with Crippen molar-refractivity contribution in [3.8, 4) is 0 Å². The van der Waals surface area contributed by atoms with Gasteiger partial charge >= 0.3 is 6.18 Å². The van der Waals surface area contributed by atoms with Gasteiger partial charge in [0.1, 0.15) is 12.0 Å². The van der Waals surface area contributed by atoms with E-state index in [1.54, 1.807) is 0 Å². The largest absolute Gasteiger partial charge is 0.462 e. The summed E-state index contributed by atoms with van der Waals surface area (Å²) in [5.74, 6) is -2.08. The first-order valence-electron chi connectivity index (χ1n) is 7.85. The molecule has 0 saturated carbocycles. The van der Waals surface area contributed by atoms with Gasteiger partial charge in [-0.3, -0.25) is 9.59 Å². The smallest absolute Gasteiger partial charge is 0.455 e. The van der Waals surface area contributed by atoms with Crippen molar-refractivity contribution < 1.29 is 27.2 Å². The van der Waals surface area contributed by atoms with Crippen LogP contribution in [0.5, 0.6) is 0 Å². The first kappa shape index (κ1) is 16.1. The van der Waals surface area contributed by atoms with Gasteiger partial charge < -0.3 is 14.6 Å². The summed E-state index contributed by atoms with van der Waals surface area (Å²) in [6.07, 6.45) is -2.10. The Balaban J connectivity index is 1.60. The lowest BCUT2D eigenvalue weighted by Crippen LogP contribution is -2.43. The number of aromatic nitrogens is 1. The minimum absolute atomic E-state index is 0.0133. The summed E-state index contributed by atoms with van der Waals surface area (Å²) >= 11 is 0. The second kappa shape index (κ2) is 5.55. The van der Waals surface area contributed by atoms with Gasteiger partial charge in [-0.15, -0.1) is 0 Å². The van der Waals surface area contributed by atoms with Crippen molar-refractivity contribution in [3.63, 3.8) is 0 Å². The first-order valence-corrected chi connectivity index (χ1v) is 7.85. The van der Waals surface area contributed by atoms with Gasteiger partial charge in [0.2, 0.25) is 0 Å². The van der Waals surface area contributed by atoms with Crippen LogP contribution in [0.3, 0.4) is 0 Å². The molecule has 3 atom stereocenters. The Hall–Kier alpha value is -2.42. The molecule has 4 rings (SSSR count). The highest BCUT2D eigenvalue weighted by molar-refractivity contribution is 6.10. The third kappa shape index (κ3) is 2.78. The fraction of sp³-hybridized carbons (Fsp3) is 0.438. The number of fused-ring (bicyclic) bond motifs is 3. The van der Waals surface area contributed by atoms with Gasteiger partial charge in [-0.25, -0.2) is 4.98 Å². The van der Waals surface area contributed by atoms with Crippen molar-refractivity contribution in [2.75, 3.05) is 19.6 Å². The molecule has 0 spiro atoms. The van der Waals surface area contributed by atoms with Gasteiger partial charge in [0, 0.05) is 24.5 Å². The molecule has 3 unspecified atom stereocenters. The highest BCUT2D eigenvalue weighted by Gasteiger charge is 2.41. The minimum Gasteiger partial charge on any atom is -0.462 e. The number of hydrogen-bond acceptors (Lipinski definition) is 5. The predicted molar refractivity (Wildman–Crippen MR) is 80.2 cm³/mol. The zero-order valence-corrected chi connectivity index (χ0v) is 13.0. The normalized spacial score (nSPS) is 25.5. The van der Waals surface area contributed by atoms with E-state index in [0.29, 0.717) is 5.92 Å². The van der Waals surface area contributed by atoms with E-state index in [1.165, 1.54) is 6.07 Å². The maximum absolute atomic E-state index is 12.7. The van der Waals surface area contributed by atoms with Crippen LogP contribution in [-0.2, 0) is 0 Å². The number of amides is 1. The van der Waals surface area contributed by atoms with Crippen LogP contribution in [0.25, 0.3) is 11.0 Å². The molecule has 6 nitrogen and oxygen atoms in total. The maximum atomic E-state index is 12.7. The van der Waals surface area contributed by atoms with Crippen molar-refractivity contribution in [2.24, 2.45) is 5.92 Å². The van der Waals surface area contributed by atoms with Crippen LogP contribution >= 0.6 is 0 Å². The zero-order chi connectivity index (χ0) is 17.8. The monoisotopic (exact) mass is 353 g/mol. The Morgan fingerprint density at radius 2 is 2.12 bits per heavy atom. The van der Waals surface area contributed by atoms with Crippen molar-refractivity contribution in [2.45, 2.75) is 18.6 Å². The topological polar surface area (TPSA) is 75.4 Å².